The van der Waals surface area contributed by atoms with E-state index >= 15 is 0 Å². The number of ether oxygens (including phenoxy) is 3. The summed E-state index contributed by atoms with van der Waals surface area (Å²) in [6.07, 6.45) is -0.875. The molecule has 0 saturated heterocycles. The number of nitrogens with zero attached hydrogens (tertiary/aromatic N) is 2. The summed E-state index contributed by atoms with van der Waals surface area (Å²) in [4.78, 5) is 37.1. The van der Waals surface area contributed by atoms with Gasteiger partial charge in [-0.25, -0.2) is 15.0 Å². The Labute approximate surface area is 163 Å². The van der Waals surface area contributed by atoms with Gasteiger partial charge in [-0.1, -0.05) is 30.3 Å². The Balaban J connectivity index is 3.67. The highest BCUT2D eigenvalue weighted by Crippen LogP contribution is 2.36. The average Bonchev–Trinajstić information content (AvgIpc) is 2.70. The lowest BCUT2D eigenvalue weighted by atomic mass is 9.69. The van der Waals surface area contributed by atoms with Gasteiger partial charge in [0.25, 0.3) is 0 Å². The molecule has 1 N–H and O–H groups in total. The maximum atomic E-state index is 12.9. The van der Waals surface area contributed by atoms with Crippen LogP contribution in [0.4, 0.5) is 4.79 Å². The molecule has 0 bridgehead atoms. The third-order valence-corrected chi connectivity index (χ3v) is 3.88. The zero-order valence-electron chi connectivity index (χ0n) is 16.2. The lowest BCUT2D eigenvalue weighted by Crippen LogP contribution is -2.50. The van der Waals surface area contributed by atoms with Crippen molar-refractivity contribution < 1.29 is 28.6 Å². The molecule has 0 aliphatic carbocycles. The summed E-state index contributed by atoms with van der Waals surface area (Å²) in [5.41, 5.74) is 0.237. The molecule has 1 aromatic rings. The van der Waals surface area contributed by atoms with Gasteiger partial charge in [0.1, 0.15) is 5.92 Å². The predicted molar refractivity (Wildman–Crippen MR) is 99.1 cm³/mol. The van der Waals surface area contributed by atoms with Crippen molar-refractivity contribution in [2.75, 3.05) is 20.3 Å². The summed E-state index contributed by atoms with van der Waals surface area (Å²) in [6, 6.07) is 9.97. The fourth-order valence-electron chi connectivity index (χ4n) is 2.65. The molecule has 1 amide bonds. The van der Waals surface area contributed by atoms with Crippen LogP contribution in [0.1, 0.15) is 26.3 Å². The molecule has 0 radical (unpaired) electrons. The van der Waals surface area contributed by atoms with Gasteiger partial charge in [-0.05, 0) is 26.3 Å². The quantitative estimate of drug-likeness (QED) is 0.311. The Morgan fingerprint density at radius 1 is 1.18 bits per heavy atom. The number of carbonyl (C=O) groups excluding carboxylic acids is 3. The van der Waals surface area contributed by atoms with Gasteiger partial charge in [-0.3, -0.25) is 4.79 Å². The van der Waals surface area contributed by atoms with Gasteiger partial charge in [0, 0.05) is 0 Å². The highest BCUT2D eigenvalue weighted by atomic mass is 16.5. The van der Waals surface area contributed by atoms with Crippen LogP contribution in [0.15, 0.2) is 35.4 Å². The number of hydrogen-bond donors (Lipinski definition) is 1. The second-order valence-electron chi connectivity index (χ2n) is 5.55. The molecule has 0 spiro atoms. The second kappa shape index (κ2) is 10.7. The van der Waals surface area contributed by atoms with E-state index in [1.54, 1.807) is 32.0 Å². The summed E-state index contributed by atoms with van der Waals surface area (Å²) in [6.45, 7) is 4.60. The van der Waals surface area contributed by atoms with E-state index in [2.05, 4.69) is 15.3 Å². The maximum absolute atomic E-state index is 12.9. The molecule has 2 unspecified atom stereocenters. The molecule has 0 heterocycles. The molecule has 28 heavy (non-hydrogen) atoms. The number of nitrogens with one attached hydrogen (secondary N) is 1. The molecular weight excluding hydrogens is 366 g/mol. The first-order valence-corrected chi connectivity index (χ1v) is 8.57. The van der Waals surface area contributed by atoms with Gasteiger partial charge in [-0.15, -0.1) is 0 Å². The van der Waals surface area contributed by atoms with Gasteiger partial charge in [0.2, 0.25) is 0 Å². The highest BCUT2D eigenvalue weighted by molar-refractivity contribution is 6.09. The molecule has 9 nitrogen and oxygen atoms in total. The first-order valence-electron chi connectivity index (χ1n) is 8.57. The number of esters is 2. The normalized spacial score (nSPS) is 14.0. The Morgan fingerprint density at radius 2 is 1.79 bits per heavy atom. The summed E-state index contributed by atoms with van der Waals surface area (Å²) < 4.78 is 14.7. The number of nitriles is 1. The standard InChI is InChI=1S/C19H23N3O6/c1-5-27-16(23)15(13(3)21-22-18(25)26-4)19(12-20,17(24)28-6-2)14-10-8-7-9-11-14/h7-11,15H,5-6H2,1-4H3,(H,22,25)/b21-13+. The van der Waals surface area contributed by atoms with E-state index in [9.17, 15) is 19.6 Å². The average molecular weight is 389 g/mol. The molecular formula is C19H23N3O6. The van der Waals surface area contributed by atoms with Crippen LogP contribution in [0, 0.1) is 17.2 Å². The first-order chi connectivity index (χ1) is 13.4. The summed E-state index contributed by atoms with van der Waals surface area (Å²) in [7, 11) is 1.14. The third-order valence-electron chi connectivity index (χ3n) is 3.88. The summed E-state index contributed by atoms with van der Waals surface area (Å²) in [5, 5.41) is 13.9. The van der Waals surface area contributed by atoms with E-state index in [-0.39, 0.29) is 24.5 Å². The Hall–Kier alpha value is -3.41. The third kappa shape index (κ3) is 4.85. The molecule has 9 heteroatoms. The monoisotopic (exact) mass is 389 g/mol. The van der Waals surface area contributed by atoms with Crippen molar-refractivity contribution in [2.45, 2.75) is 26.2 Å². The van der Waals surface area contributed by atoms with Crippen LogP contribution in [0.5, 0.6) is 0 Å². The minimum absolute atomic E-state index is 0.00123. The van der Waals surface area contributed by atoms with Crippen molar-refractivity contribution in [3.05, 3.63) is 35.9 Å². The van der Waals surface area contributed by atoms with Gasteiger partial charge in [-0.2, -0.15) is 10.4 Å². The fraction of sp³-hybridized carbons (Fsp3) is 0.421. The number of methoxy groups -OCH3 is 1. The van der Waals surface area contributed by atoms with Crippen molar-refractivity contribution in [2.24, 2.45) is 11.0 Å². The van der Waals surface area contributed by atoms with Crippen molar-refractivity contribution >= 4 is 23.7 Å². The van der Waals surface area contributed by atoms with Crippen molar-refractivity contribution in [3.63, 3.8) is 0 Å². The van der Waals surface area contributed by atoms with E-state index in [0.29, 0.717) is 0 Å². The fourth-order valence-corrected chi connectivity index (χ4v) is 2.65. The zero-order valence-corrected chi connectivity index (χ0v) is 16.2. The molecule has 0 aliphatic heterocycles. The van der Waals surface area contributed by atoms with Crippen molar-refractivity contribution in [3.8, 4) is 6.07 Å². The highest BCUT2D eigenvalue weighted by Gasteiger charge is 2.55. The molecule has 0 aliphatic rings. The van der Waals surface area contributed by atoms with Crippen molar-refractivity contribution in [1.82, 2.24) is 5.43 Å². The van der Waals surface area contributed by atoms with E-state index in [1.807, 2.05) is 6.07 Å². The summed E-state index contributed by atoms with van der Waals surface area (Å²) in [5.74, 6) is -3.24. The number of hydrogen-bond acceptors (Lipinski definition) is 8. The molecule has 0 aromatic heterocycles. The molecule has 0 fully saturated rings. The van der Waals surface area contributed by atoms with Crippen LogP contribution >= 0.6 is 0 Å². The minimum atomic E-state index is -2.06. The number of benzene rings is 1. The molecule has 1 aromatic carbocycles. The van der Waals surface area contributed by atoms with E-state index < -0.39 is 29.4 Å². The van der Waals surface area contributed by atoms with Crippen molar-refractivity contribution in [1.29, 1.82) is 5.26 Å². The van der Waals surface area contributed by atoms with Crippen LogP contribution in [0.25, 0.3) is 0 Å². The molecule has 0 saturated carbocycles. The number of hydrazone groups is 1. The van der Waals surface area contributed by atoms with Crippen LogP contribution in [0.2, 0.25) is 0 Å². The lowest BCUT2D eigenvalue weighted by molar-refractivity contribution is -0.157. The second-order valence-corrected chi connectivity index (χ2v) is 5.55. The molecule has 150 valence electrons. The number of carbonyl (C=O) groups is 3. The number of rotatable bonds is 8. The van der Waals surface area contributed by atoms with E-state index in [4.69, 9.17) is 9.47 Å². The topological polar surface area (TPSA) is 127 Å². The van der Waals surface area contributed by atoms with E-state index in [0.717, 1.165) is 7.11 Å². The Morgan fingerprint density at radius 3 is 2.29 bits per heavy atom. The van der Waals surface area contributed by atoms with Gasteiger partial charge in [0.15, 0.2) is 5.41 Å². The smallest absolute Gasteiger partial charge is 0.427 e. The van der Waals surface area contributed by atoms with Crippen LogP contribution in [-0.4, -0.2) is 44.1 Å². The lowest BCUT2D eigenvalue weighted by Gasteiger charge is -2.31. The maximum Gasteiger partial charge on any atom is 0.427 e. The van der Waals surface area contributed by atoms with Gasteiger partial charge >= 0.3 is 18.0 Å². The summed E-state index contributed by atoms with van der Waals surface area (Å²) >= 11 is 0. The van der Waals surface area contributed by atoms with Crippen LogP contribution in [-0.2, 0) is 29.2 Å². The van der Waals surface area contributed by atoms with Crippen LogP contribution < -0.4 is 5.43 Å². The number of amides is 1. The Kier molecular flexibility index (Phi) is 8.62. The largest absolute Gasteiger partial charge is 0.465 e. The minimum Gasteiger partial charge on any atom is -0.465 e. The predicted octanol–water partition coefficient (Wildman–Crippen LogP) is 1.92. The zero-order chi connectivity index (χ0) is 21.2. The molecule has 2 atom stereocenters. The molecule has 1 rings (SSSR count). The first kappa shape index (κ1) is 22.6. The van der Waals surface area contributed by atoms with Gasteiger partial charge in [0.05, 0.1) is 32.1 Å². The SMILES string of the molecule is CCOC(=O)C(/C(C)=N/NC(=O)OC)C(C#N)(C(=O)OCC)c1ccccc1. The van der Waals surface area contributed by atoms with Gasteiger partial charge < -0.3 is 14.2 Å². The Bertz CT molecular complexity index is 772. The van der Waals surface area contributed by atoms with Crippen LogP contribution in [0.3, 0.4) is 0 Å². The van der Waals surface area contributed by atoms with E-state index in [1.165, 1.54) is 19.1 Å².